The predicted octanol–water partition coefficient (Wildman–Crippen LogP) is 4.99. The van der Waals surface area contributed by atoms with Gasteiger partial charge >= 0.3 is 0 Å². The van der Waals surface area contributed by atoms with Crippen LogP contribution in [0.25, 0.3) is 10.2 Å². The van der Waals surface area contributed by atoms with E-state index in [0.717, 1.165) is 33.2 Å². The first kappa shape index (κ1) is 20.8. The van der Waals surface area contributed by atoms with Crippen LogP contribution >= 0.6 is 35.1 Å². The molecular weight excluding hydrogens is 386 g/mol. The van der Waals surface area contributed by atoms with Gasteiger partial charge in [-0.15, -0.1) is 23.7 Å². The second kappa shape index (κ2) is 8.95. The van der Waals surface area contributed by atoms with Crippen LogP contribution in [0.5, 0.6) is 0 Å². The van der Waals surface area contributed by atoms with Crippen molar-refractivity contribution in [2.45, 2.75) is 20.3 Å². The highest BCUT2D eigenvalue weighted by atomic mass is 35.5. The monoisotopic (exact) mass is 409 g/mol. The number of carbonyl (C=O) groups excluding carboxylic acids is 1. The number of fused-ring (bicyclic) bond motifs is 1. The normalized spacial score (nSPS) is 11.0. The summed E-state index contributed by atoms with van der Waals surface area (Å²) in [4.78, 5) is 22.5. The van der Waals surface area contributed by atoms with Crippen LogP contribution in [0.15, 0.2) is 29.6 Å². The van der Waals surface area contributed by atoms with Crippen LogP contribution < -0.4 is 4.90 Å². The Bertz CT molecular complexity index is 874. The third kappa shape index (κ3) is 4.62. The lowest BCUT2D eigenvalue weighted by Gasteiger charge is -2.20. The van der Waals surface area contributed by atoms with E-state index in [2.05, 4.69) is 45.0 Å². The molecule has 7 heteroatoms. The first-order valence-electron chi connectivity index (χ1n) is 8.33. The van der Waals surface area contributed by atoms with Crippen LogP contribution in [0, 0.1) is 13.8 Å². The Labute approximate surface area is 168 Å². The van der Waals surface area contributed by atoms with Crippen molar-refractivity contribution in [3.05, 3.63) is 45.6 Å². The zero-order chi connectivity index (χ0) is 18.0. The largest absolute Gasteiger partial charge is 0.309 e. The van der Waals surface area contributed by atoms with Crippen molar-refractivity contribution < 1.29 is 4.79 Å². The van der Waals surface area contributed by atoms with E-state index in [4.69, 9.17) is 4.98 Å². The Kier molecular flexibility index (Phi) is 7.17. The SMILES string of the molecule is Cc1cc(C)c2sc(N(CCCN(C)C)C(=O)c3cccs3)nc2c1.Cl. The Hall–Kier alpha value is -1.47. The molecule has 0 N–H and O–H groups in total. The van der Waals surface area contributed by atoms with Gasteiger partial charge in [0.05, 0.1) is 15.1 Å². The van der Waals surface area contributed by atoms with Gasteiger partial charge in [-0.3, -0.25) is 9.69 Å². The lowest BCUT2D eigenvalue weighted by atomic mass is 10.1. The number of hydrogen-bond acceptors (Lipinski definition) is 5. The maximum absolute atomic E-state index is 13.0. The first-order chi connectivity index (χ1) is 12.0. The van der Waals surface area contributed by atoms with Crippen LogP contribution in [0.4, 0.5) is 5.13 Å². The molecule has 4 nitrogen and oxygen atoms in total. The highest BCUT2D eigenvalue weighted by molar-refractivity contribution is 7.22. The maximum Gasteiger partial charge on any atom is 0.270 e. The third-order valence-corrected chi connectivity index (χ3v) is 6.09. The van der Waals surface area contributed by atoms with E-state index in [1.54, 1.807) is 11.3 Å². The molecule has 0 bridgehead atoms. The second-order valence-corrected chi connectivity index (χ2v) is 8.44. The van der Waals surface area contributed by atoms with E-state index < -0.39 is 0 Å². The van der Waals surface area contributed by atoms with E-state index in [1.165, 1.54) is 22.5 Å². The lowest BCUT2D eigenvalue weighted by Crippen LogP contribution is -2.32. The molecule has 140 valence electrons. The molecule has 3 aromatic rings. The van der Waals surface area contributed by atoms with Gasteiger partial charge < -0.3 is 4.90 Å². The highest BCUT2D eigenvalue weighted by Gasteiger charge is 2.22. The predicted molar refractivity (Wildman–Crippen MR) is 116 cm³/mol. The molecule has 0 radical (unpaired) electrons. The number of thiazole rings is 1. The molecule has 0 spiro atoms. The molecule has 0 saturated carbocycles. The Morgan fingerprint density at radius 2 is 1.96 bits per heavy atom. The fraction of sp³-hybridized carbons (Fsp3) is 0.368. The molecule has 0 aliphatic rings. The first-order valence-corrected chi connectivity index (χ1v) is 10.0. The smallest absolute Gasteiger partial charge is 0.270 e. The third-order valence-electron chi connectivity index (χ3n) is 4.00. The van der Waals surface area contributed by atoms with E-state index >= 15 is 0 Å². The summed E-state index contributed by atoms with van der Waals surface area (Å²) in [5.74, 6) is 0.0437. The summed E-state index contributed by atoms with van der Waals surface area (Å²) in [5, 5.41) is 2.73. The Balaban J connectivity index is 0.00000243. The van der Waals surface area contributed by atoms with Crippen molar-refractivity contribution in [1.29, 1.82) is 0 Å². The average Bonchev–Trinajstić information content (AvgIpc) is 3.20. The molecule has 26 heavy (non-hydrogen) atoms. The van der Waals surface area contributed by atoms with Gasteiger partial charge in [0.1, 0.15) is 0 Å². The van der Waals surface area contributed by atoms with Crippen molar-refractivity contribution in [2.24, 2.45) is 0 Å². The fourth-order valence-corrected chi connectivity index (χ4v) is 4.55. The van der Waals surface area contributed by atoms with Crippen LogP contribution in [-0.2, 0) is 0 Å². The van der Waals surface area contributed by atoms with Gasteiger partial charge in [-0.1, -0.05) is 23.5 Å². The number of rotatable bonds is 6. The van der Waals surface area contributed by atoms with Crippen molar-refractivity contribution in [3.63, 3.8) is 0 Å². The van der Waals surface area contributed by atoms with Gasteiger partial charge in [0.2, 0.25) is 0 Å². The second-order valence-electron chi connectivity index (χ2n) is 6.52. The van der Waals surface area contributed by atoms with Crippen molar-refractivity contribution >= 4 is 56.3 Å². The Morgan fingerprint density at radius 1 is 1.19 bits per heavy atom. The number of hydrogen-bond donors (Lipinski definition) is 0. The van der Waals surface area contributed by atoms with Gasteiger partial charge in [-0.2, -0.15) is 0 Å². The molecule has 0 aliphatic heterocycles. The minimum atomic E-state index is 0. The van der Waals surface area contributed by atoms with Crippen LogP contribution in [0.2, 0.25) is 0 Å². The highest BCUT2D eigenvalue weighted by Crippen LogP contribution is 2.33. The average molecular weight is 410 g/mol. The zero-order valence-electron chi connectivity index (χ0n) is 15.5. The molecule has 1 aromatic carbocycles. The lowest BCUT2D eigenvalue weighted by molar-refractivity contribution is 0.0990. The number of thiophene rings is 1. The Morgan fingerprint density at radius 3 is 2.62 bits per heavy atom. The maximum atomic E-state index is 13.0. The van der Waals surface area contributed by atoms with E-state index in [0.29, 0.717) is 6.54 Å². The number of nitrogens with zero attached hydrogens (tertiary/aromatic N) is 3. The molecule has 0 saturated heterocycles. The number of anilines is 1. The summed E-state index contributed by atoms with van der Waals surface area (Å²) >= 11 is 3.09. The van der Waals surface area contributed by atoms with E-state index in [-0.39, 0.29) is 18.3 Å². The molecule has 0 fully saturated rings. The number of benzene rings is 1. The summed E-state index contributed by atoms with van der Waals surface area (Å²) in [7, 11) is 4.10. The minimum Gasteiger partial charge on any atom is -0.309 e. The van der Waals surface area contributed by atoms with Crippen molar-refractivity contribution in [2.75, 3.05) is 32.1 Å². The van der Waals surface area contributed by atoms with Crippen LogP contribution in [-0.4, -0.2) is 43.0 Å². The van der Waals surface area contributed by atoms with Gasteiger partial charge in [0, 0.05) is 6.54 Å². The van der Waals surface area contributed by atoms with Crippen molar-refractivity contribution in [1.82, 2.24) is 9.88 Å². The van der Waals surface area contributed by atoms with Gasteiger partial charge in [-0.25, -0.2) is 4.98 Å². The number of aromatic nitrogens is 1. The molecule has 0 aliphatic carbocycles. The van der Waals surface area contributed by atoms with E-state index in [9.17, 15) is 4.79 Å². The summed E-state index contributed by atoms with van der Waals surface area (Å²) in [6.07, 6.45) is 0.915. The molecule has 3 rings (SSSR count). The standard InChI is InChI=1S/C19H23N3OS2.ClH/c1-13-11-14(2)17-15(12-13)20-19(25-17)22(9-6-8-21(3)4)18(23)16-7-5-10-24-16;/h5,7,10-12H,6,8-9H2,1-4H3;1H. The fourth-order valence-electron chi connectivity index (χ4n) is 2.84. The topological polar surface area (TPSA) is 36.4 Å². The molecule has 2 heterocycles. The zero-order valence-corrected chi connectivity index (χ0v) is 17.9. The summed E-state index contributed by atoms with van der Waals surface area (Å²) in [6.45, 7) is 5.80. The molecular formula is C19H24ClN3OS2. The van der Waals surface area contributed by atoms with Gasteiger partial charge in [-0.05, 0) is 69.5 Å². The van der Waals surface area contributed by atoms with Gasteiger partial charge in [0.25, 0.3) is 5.91 Å². The van der Waals surface area contributed by atoms with Crippen molar-refractivity contribution in [3.8, 4) is 0 Å². The molecule has 2 aromatic heterocycles. The number of amides is 1. The summed E-state index contributed by atoms with van der Waals surface area (Å²) in [5.41, 5.74) is 3.40. The van der Waals surface area contributed by atoms with E-state index in [1.807, 2.05) is 22.4 Å². The number of aryl methyl sites for hydroxylation is 2. The van der Waals surface area contributed by atoms with Crippen LogP contribution in [0.3, 0.4) is 0 Å². The minimum absolute atomic E-state index is 0. The molecule has 1 amide bonds. The molecule has 0 atom stereocenters. The summed E-state index contributed by atoms with van der Waals surface area (Å²) < 4.78 is 1.16. The quantitative estimate of drug-likeness (QED) is 0.575. The van der Waals surface area contributed by atoms with Gasteiger partial charge in [0.15, 0.2) is 5.13 Å². The van der Waals surface area contributed by atoms with Crippen LogP contribution in [0.1, 0.15) is 27.2 Å². The summed E-state index contributed by atoms with van der Waals surface area (Å²) in [6, 6.07) is 8.06. The number of halogens is 1. The number of carbonyl (C=O) groups is 1. The molecule has 0 unspecified atom stereocenters.